The molecule has 144 valence electrons. The quantitative estimate of drug-likeness (QED) is 0.778. The minimum atomic E-state index is -0.158. The van der Waals surface area contributed by atoms with Gasteiger partial charge in [0.25, 0.3) is 5.91 Å². The van der Waals surface area contributed by atoms with Crippen molar-refractivity contribution in [1.29, 1.82) is 0 Å². The molecule has 1 aromatic carbocycles. The molecule has 1 aromatic heterocycles. The molecule has 0 bridgehead atoms. The molecule has 0 aliphatic carbocycles. The summed E-state index contributed by atoms with van der Waals surface area (Å²) >= 11 is 0. The molecule has 1 fully saturated rings. The standard InChI is InChI=1S/C20H27N5O2/c1-24(2)17-6-3-5-16(15-17)22-19-8-4-7-18(23-19)20(26)21-9-10-25-11-13-27-14-12-25/h3-8,15H,9-14H2,1-2H3,(H,21,26)(H,22,23). The summed E-state index contributed by atoms with van der Waals surface area (Å²) in [6.45, 7) is 4.78. The summed E-state index contributed by atoms with van der Waals surface area (Å²) in [5.74, 6) is 0.487. The molecule has 0 saturated carbocycles. The fourth-order valence-corrected chi connectivity index (χ4v) is 2.88. The highest BCUT2D eigenvalue weighted by Gasteiger charge is 2.12. The average molecular weight is 369 g/mol. The zero-order chi connectivity index (χ0) is 19.1. The third-order valence-electron chi connectivity index (χ3n) is 4.43. The van der Waals surface area contributed by atoms with Gasteiger partial charge in [-0.05, 0) is 30.3 Å². The SMILES string of the molecule is CN(C)c1cccc(Nc2cccc(C(=O)NCCN3CCOCC3)n2)c1. The van der Waals surface area contributed by atoms with Gasteiger partial charge in [-0.25, -0.2) is 4.98 Å². The monoisotopic (exact) mass is 369 g/mol. The van der Waals surface area contributed by atoms with E-state index in [9.17, 15) is 4.79 Å². The van der Waals surface area contributed by atoms with Gasteiger partial charge in [-0.2, -0.15) is 0 Å². The smallest absolute Gasteiger partial charge is 0.270 e. The van der Waals surface area contributed by atoms with Crippen LogP contribution in [0.3, 0.4) is 0 Å². The third-order valence-corrected chi connectivity index (χ3v) is 4.43. The van der Waals surface area contributed by atoms with Gasteiger partial charge >= 0.3 is 0 Å². The third kappa shape index (κ3) is 5.67. The van der Waals surface area contributed by atoms with Gasteiger partial charge in [0, 0.05) is 51.6 Å². The first-order valence-corrected chi connectivity index (χ1v) is 9.21. The number of nitrogens with zero attached hydrogens (tertiary/aromatic N) is 3. The zero-order valence-electron chi connectivity index (χ0n) is 15.9. The fraction of sp³-hybridized carbons (Fsp3) is 0.400. The number of nitrogens with one attached hydrogen (secondary N) is 2. The van der Waals surface area contributed by atoms with Crippen molar-refractivity contribution < 1.29 is 9.53 Å². The number of carbonyl (C=O) groups excluding carboxylic acids is 1. The van der Waals surface area contributed by atoms with Gasteiger partial charge in [-0.15, -0.1) is 0 Å². The number of aromatic nitrogens is 1. The number of morpholine rings is 1. The number of ether oxygens (including phenoxy) is 1. The second kappa shape index (κ2) is 9.34. The molecule has 0 unspecified atom stereocenters. The highest BCUT2D eigenvalue weighted by Crippen LogP contribution is 2.20. The molecule has 1 aliphatic rings. The summed E-state index contributed by atoms with van der Waals surface area (Å²) in [4.78, 5) is 21.1. The second-order valence-corrected chi connectivity index (χ2v) is 6.69. The van der Waals surface area contributed by atoms with Crippen molar-refractivity contribution in [2.24, 2.45) is 0 Å². The Balaban J connectivity index is 1.56. The van der Waals surface area contributed by atoms with Crippen molar-refractivity contribution in [1.82, 2.24) is 15.2 Å². The lowest BCUT2D eigenvalue weighted by Gasteiger charge is -2.26. The van der Waals surface area contributed by atoms with Gasteiger partial charge in [-0.3, -0.25) is 9.69 Å². The average Bonchev–Trinajstić information content (AvgIpc) is 2.69. The van der Waals surface area contributed by atoms with Crippen LogP contribution in [-0.2, 0) is 4.74 Å². The number of hydrogen-bond acceptors (Lipinski definition) is 6. The van der Waals surface area contributed by atoms with Crippen LogP contribution in [0.2, 0.25) is 0 Å². The molecule has 2 N–H and O–H groups in total. The second-order valence-electron chi connectivity index (χ2n) is 6.69. The predicted octanol–water partition coefficient (Wildman–Crippen LogP) is 1.95. The van der Waals surface area contributed by atoms with E-state index < -0.39 is 0 Å². The van der Waals surface area contributed by atoms with Gasteiger partial charge < -0.3 is 20.3 Å². The maximum atomic E-state index is 12.4. The van der Waals surface area contributed by atoms with Crippen LogP contribution in [0.25, 0.3) is 0 Å². The van der Waals surface area contributed by atoms with Gasteiger partial charge in [0.15, 0.2) is 0 Å². The number of benzene rings is 1. The minimum Gasteiger partial charge on any atom is -0.379 e. The Bertz CT molecular complexity index is 760. The normalized spacial score (nSPS) is 14.6. The number of rotatable bonds is 7. The van der Waals surface area contributed by atoms with Gasteiger partial charge in [0.2, 0.25) is 0 Å². The van der Waals surface area contributed by atoms with Crippen molar-refractivity contribution in [3.63, 3.8) is 0 Å². The summed E-state index contributed by atoms with van der Waals surface area (Å²) < 4.78 is 5.33. The van der Waals surface area contributed by atoms with E-state index in [1.54, 1.807) is 6.07 Å². The van der Waals surface area contributed by atoms with Gasteiger partial charge in [0.1, 0.15) is 11.5 Å². The lowest BCUT2D eigenvalue weighted by molar-refractivity contribution is 0.0383. The lowest BCUT2D eigenvalue weighted by atomic mass is 10.2. The molecule has 0 radical (unpaired) electrons. The van der Waals surface area contributed by atoms with E-state index in [1.807, 2.05) is 55.4 Å². The molecule has 1 amide bonds. The molecule has 3 rings (SSSR count). The summed E-state index contributed by atoms with van der Waals surface area (Å²) in [6.07, 6.45) is 0. The Hall–Kier alpha value is -2.64. The highest BCUT2D eigenvalue weighted by atomic mass is 16.5. The first-order chi connectivity index (χ1) is 13.1. The molecule has 0 spiro atoms. The molecule has 2 heterocycles. The number of hydrogen-bond donors (Lipinski definition) is 2. The summed E-state index contributed by atoms with van der Waals surface area (Å²) in [7, 11) is 4.00. The van der Waals surface area contributed by atoms with Crippen molar-refractivity contribution in [2.45, 2.75) is 0 Å². The lowest BCUT2D eigenvalue weighted by Crippen LogP contribution is -2.41. The fourth-order valence-electron chi connectivity index (χ4n) is 2.88. The van der Waals surface area contributed by atoms with E-state index in [4.69, 9.17) is 4.74 Å². The predicted molar refractivity (Wildman–Crippen MR) is 108 cm³/mol. The number of anilines is 3. The topological polar surface area (TPSA) is 69.7 Å². The molecular weight excluding hydrogens is 342 g/mol. The van der Waals surface area contributed by atoms with E-state index in [-0.39, 0.29) is 5.91 Å². The molecule has 1 aliphatic heterocycles. The van der Waals surface area contributed by atoms with E-state index in [2.05, 4.69) is 20.5 Å². The Morgan fingerprint density at radius 3 is 2.74 bits per heavy atom. The van der Waals surface area contributed by atoms with Crippen LogP contribution in [-0.4, -0.2) is 69.3 Å². The van der Waals surface area contributed by atoms with E-state index in [0.717, 1.165) is 44.2 Å². The van der Waals surface area contributed by atoms with Crippen molar-refractivity contribution in [3.8, 4) is 0 Å². The number of carbonyl (C=O) groups is 1. The van der Waals surface area contributed by atoms with Crippen LogP contribution in [0.15, 0.2) is 42.5 Å². The summed E-state index contributed by atoms with van der Waals surface area (Å²) in [5, 5.41) is 6.21. The van der Waals surface area contributed by atoms with E-state index >= 15 is 0 Å². The molecule has 2 aromatic rings. The van der Waals surface area contributed by atoms with Gasteiger partial charge in [-0.1, -0.05) is 12.1 Å². The molecule has 27 heavy (non-hydrogen) atoms. The number of pyridine rings is 1. The number of amides is 1. The van der Waals surface area contributed by atoms with Crippen molar-refractivity contribution in [2.75, 3.05) is 63.7 Å². The largest absolute Gasteiger partial charge is 0.379 e. The van der Waals surface area contributed by atoms with Gasteiger partial charge in [0.05, 0.1) is 13.2 Å². The van der Waals surface area contributed by atoms with Crippen LogP contribution >= 0.6 is 0 Å². The van der Waals surface area contributed by atoms with E-state index in [0.29, 0.717) is 18.1 Å². The molecule has 7 heteroatoms. The van der Waals surface area contributed by atoms with Crippen molar-refractivity contribution >= 4 is 23.1 Å². The minimum absolute atomic E-state index is 0.158. The first-order valence-electron chi connectivity index (χ1n) is 9.21. The van der Waals surface area contributed by atoms with Crippen LogP contribution in [0.1, 0.15) is 10.5 Å². The molecule has 0 atom stereocenters. The summed E-state index contributed by atoms with van der Waals surface area (Å²) in [5.41, 5.74) is 2.43. The molecule has 1 saturated heterocycles. The maximum absolute atomic E-state index is 12.4. The Morgan fingerprint density at radius 2 is 1.96 bits per heavy atom. The maximum Gasteiger partial charge on any atom is 0.270 e. The van der Waals surface area contributed by atoms with E-state index in [1.165, 1.54) is 0 Å². The van der Waals surface area contributed by atoms with Crippen LogP contribution in [0.4, 0.5) is 17.2 Å². The van der Waals surface area contributed by atoms with Crippen LogP contribution in [0, 0.1) is 0 Å². The zero-order valence-corrected chi connectivity index (χ0v) is 15.9. The van der Waals surface area contributed by atoms with Crippen LogP contribution in [0.5, 0.6) is 0 Å². The Morgan fingerprint density at radius 1 is 1.19 bits per heavy atom. The molecule has 7 nitrogen and oxygen atoms in total. The summed E-state index contributed by atoms with van der Waals surface area (Å²) in [6, 6.07) is 13.5. The van der Waals surface area contributed by atoms with Crippen LogP contribution < -0.4 is 15.5 Å². The highest BCUT2D eigenvalue weighted by molar-refractivity contribution is 5.92. The Labute approximate surface area is 160 Å². The molecular formula is C20H27N5O2. The Kier molecular flexibility index (Phi) is 6.62. The first kappa shape index (κ1) is 19.1. The van der Waals surface area contributed by atoms with Crippen molar-refractivity contribution in [3.05, 3.63) is 48.2 Å².